The highest BCUT2D eigenvalue weighted by Crippen LogP contribution is 2.17. The van der Waals surface area contributed by atoms with Gasteiger partial charge in [-0.2, -0.15) is 5.26 Å². The Balaban J connectivity index is 1.95. The summed E-state index contributed by atoms with van der Waals surface area (Å²) in [6.07, 6.45) is 4.11. The molecule has 1 unspecified atom stereocenters. The van der Waals surface area contributed by atoms with Gasteiger partial charge >= 0.3 is 0 Å². The molecular weight excluding hydrogens is 312 g/mol. The van der Waals surface area contributed by atoms with Crippen LogP contribution in [0.4, 0.5) is 0 Å². The lowest BCUT2D eigenvalue weighted by atomic mass is 10.0. The van der Waals surface area contributed by atoms with Gasteiger partial charge in [-0.25, -0.2) is 0 Å². The first-order valence-corrected chi connectivity index (χ1v) is 8.27. The van der Waals surface area contributed by atoms with Crippen molar-refractivity contribution in [2.45, 2.75) is 26.3 Å². The van der Waals surface area contributed by atoms with Crippen LogP contribution in [0.25, 0.3) is 6.08 Å². The number of benzene rings is 2. The molecule has 1 N–H and O–H groups in total. The minimum atomic E-state index is -0.128. The summed E-state index contributed by atoms with van der Waals surface area (Å²) in [5, 5.41) is 11.5. The Hall–Kier alpha value is -3.06. The van der Waals surface area contributed by atoms with E-state index in [9.17, 15) is 4.79 Å². The van der Waals surface area contributed by atoms with Gasteiger partial charge < -0.3 is 10.1 Å². The van der Waals surface area contributed by atoms with Gasteiger partial charge in [-0.15, -0.1) is 0 Å². The normalized spacial score (nSPS) is 11.7. The molecule has 4 heteroatoms. The van der Waals surface area contributed by atoms with Gasteiger partial charge in [0.15, 0.2) is 6.61 Å². The zero-order valence-electron chi connectivity index (χ0n) is 14.5. The van der Waals surface area contributed by atoms with E-state index in [1.807, 2.05) is 37.3 Å². The number of carbonyl (C=O) groups is 1. The lowest BCUT2D eigenvalue weighted by Gasteiger charge is -2.16. The number of carbonyl (C=O) groups excluding carboxylic acids is 1. The second-order valence-corrected chi connectivity index (χ2v) is 5.73. The van der Waals surface area contributed by atoms with Gasteiger partial charge in [0, 0.05) is 6.08 Å². The minimum absolute atomic E-state index is 0.000456. The van der Waals surface area contributed by atoms with Crippen LogP contribution in [0.3, 0.4) is 0 Å². The number of rotatable bonds is 7. The van der Waals surface area contributed by atoms with Crippen LogP contribution in [0.2, 0.25) is 0 Å². The molecule has 2 aromatic rings. The zero-order valence-corrected chi connectivity index (χ0v) is 14.5. The van der Waals surface area contributed by atoms with Crippen LogP contribution >= 0.6 is 0 Å². The highest BCUT2D eigenvalue weighted by molar-refractivity contribution is 5.92. The second-order valence-electron chi connectivity index (χ2n) is 5.73. The fourth-order valence-electron chi connectivity index (χ4n) is 2.40. The molecule has 0 saturated carbocycles. The Morgan fingerprint density at radius 1 is 1.20 bits per heavy atom. The summed E-state index contributed by atoms with van der Waals surface area (Å²) in [6, 6.07) is 17.4. The quantitative estimate of drug-likeness (QED) is 0.773. The summed E-state index contributed by atoms with van der Waals surface area (Å²) in [5.41, 5.74) is 3.20. The molecule has 0 aliphatic rings. The van der Waals surface area contributed by atoms with E-state index in [0.717, 1.165) is 17.5 Å². The molecule has 1 amide bonds. The van der Waals surface area contributed by atoms with Gasteiger partial charge in [0.25, 0.3) is 0 Å². The van der Waals surface area contributed by atoms with Crippen LogP contribution in [0.5, 0.6) is 5.75 Å². The van der Waals surface area contributed by atoms with Crippen molar-refractivity contribution in [3.05, 3.63) is 71.3 Å². The van der Waals surface area contributed by atoms with Crippen molar-refractivity contribution in [3.8, 4) is 11.8 Å². The molecule has 0 aliphatic heterocycles. The Morgan fingerprint density at radius 3 is 2.48 bits per heavy atom. The summed E-state index contributed by atoms with van der Waals surface area (Å²) in [7, 11) is 0. The Kier molecular flexibility index (Phi) is 6.79. The summed E-state index contributed by atoms with van der Waals surface area (Å²) in [4.78, 5) is 12.2. The van der Waals surface area contributed by atoms with Crippen LogP contribution in [-0.2, 0) is 4.79 Å². The summed E-state index contributed by atoms with van der Waals surface area (Å²) in [6.45, 7) is 4.12. The first kappa shape index (κ1) is 18.3. The largest absolute Gasteiger partial charge is 0.479 e. The summed E-state index contributed by atoms with van der Waals surface area (Å²) < 4.78 is 5.20. The third-order valence-corrected chi connectivity index (χ3v) is 3.82. The smallest absolute Gasteiger partial charge is 0.244 e. The van der Waals surface area contributed by atoms with Crippen molar-refractivity contribution in [3.63, 3.8) is 0 Å². The molecule has 0 aliphatic carbocycles. The SMILES string of the molecule is CCC(NC(=O)/C=C/c1ccc(OCC#N)cc1)c1ccc(C)cc1. The van der Waals surface area contributed by atoms with Crippen LogP contribution in [0, 0.1) is 18.3 Å². The molecule has 0 radical (unpaired) electrons. The van der Waals surface area contributed by atoms with E-state index >= 15 is 0 Å². The molecule has 0 spiro atoms. The molecule has 4 nitrogen and oxygen atoms in total. The average Bonchev–Trinajstić information content (AvgIpc) is 2.64. The van der Waals surface area contributed by atoms with Crippen molar-refractivity contribution in [2.24, 2.45) is 0 Å². The summed E-state index contributed by atoms with van der Waals surface area (Å²) in [5.74, 6) is 0.505. The number of hydrogen-bond acceptors (Lipinski definition) is 3. The maximum Gasteiger partial charge on any atom is 0.244 e. The van der Waals surface area contributed by atoms with E-state index in [2.05, 4.69) is 24.4 Å². The molecule has 0 bridgehead atoms. The maximum absolute atomic E-state index is 12.2. The minimum Gasteiger partial charge on any atom is -0.479 e. The molecule has 128 valence electrons. The predicted molar refractivity (Wildman–Crippen MR) is 98.9 cm³/mol. The van der Waals surface area contributed by atoms with E-state index in [1.54, 1.807) is 18.2 Å². The number of hydrogen-bond donors (Lipinski definition) is 1. The van der Waals surface area contributed by atoms with Crippen molar-refractivity contribution in [1.82, 2.24) is 5.32 Å². The zero-order chi connectivity index (χ0) is 18.1. The predicted octanol–water partition coefficient (Wildman–Crippen LogP) is 4.18. The van der Waals surface area contributed by atoms with Crippen LogP contribution in [-0.4, -0.2) is 12.5 Å². The maximum atomic E-state index is 12.2. The molecular formula is C21H22N2O2. The molecule has 0 fully saturated rings. The fraction of sp³-hybridized carbons (Fsp3) is 0.238. The van der Waals surface area contributed by atoms with Crippen molar-refractivity contribution in [2.75, 3.05) is 6.61 Å². The van der Waals surface area contributed by atoms with Gasteiger partial charge in [-0.3, -0.25) is 4.79 Å². The van der Waals surface area contributed by atoms with Crippen molar-refractivity contribution in [1.29, 1.82) is 5.26 Å². The molecule has 0 heterocycles. The van der Waals surface area contributed by atoms with E-state index < -0.39 is 0 Å². The number of ether oxygens (including phenoxy) is 1. The number of nitrogens with one attached hydrogen (secondary N) is 1. The third-order valence-electron chi connectivity index (χ3n) is 3.82. The Morgan fingerprint density at radius 2 is 1.88 bits per heavy atom. The molecule has 2 rings (SSSR count). The van der Waals surface area contributed by atoms with Crippen LogP contribution in [0.1, 0.15) is 36.1 Å². The molecule has 2 aromatic carbocycles. The highest BCUT2D eigenvalue weighted by Gasteiger charge is 2.10. The van der Waals surface area contributed by atoms with Crippen LogP contribution in [0.15, 0.2) is 54.6 Å². The second kappa shape index (κ2) is 9.29. The molecule has 0 aromatic heterocycles. The monoisotopic (exact) mass is 334 g/mol. The van der Waals surface area contributed by atoms with Gasteiger partial charge in [-0.05, 0) is 42.7 Å². The number of amides is 1. The van der Waals surface area contributed by atoms with E-state index in [0.29, 0.717) is 5.75 Å². The van der Waals surface area contributed by atoms with Crippen LogP contribution < -0.4 is 10.1 Å². The summed E-state index contributed by atoms with van der Waals surface area (Å²) >= 11 is 0. The first-order chi connectivity index (χ1) is 12.1. The van der Waals surface area contributed by atoms with Gasteiger partial charge in [0.2, 0.25) is 5.91 Å². The van der Waals surface area contributed by atoms with E-state index in [-0.39, 0.29) is 18.6 Å². The molecule has 1 atom stereocenters. The topological polar surface area (TPSA) is 62.1 Å². The number of aryl methyl sites for hydroxylation is 1. The van der Waals surface area contributed by atoms with Crippen molar-refractivity contribution >= 4 is 12.0 Å². The van der Waals surface area contributed by atoms with E-state index in [1.165, 1.54) is 11.6 Å². The third kappa shape index (κ3) is 5.82. The Labute approximate surface area is 148 Å². The standard InChI is InChI=1S/C21H22N2O2/c1-3-20(18-9-4-16(2)5-10-18)23-21(24)13-8-17-6-11-19(12-7-17)25-15-14-22/h4-13,20H,3,15H2,1-2H3,(H,23,24)/b13-8+. The lowest BCUT2D eigenvalue weighted by Crippen LogP contribution is -2.26. The van der Waals surface area contributed by atoms with Gasteiger partial charge in [0.05, 0.1) is 6.04 Å². The lowest BCUT2D eigenvalue weighted by molar-refractivity contribution is -0.117. The molecule has 0 saturated heterocycles. The van der Waals surface area contributed by atoms with Gasteiger partial charge in [0.1, 0.15) is 11.8 Å². The van der Waals surface area contributed by atoms with E-state index in [4.69, 9.17) is 10.00 Å². The average molecular weight is 334 g/mol. The Bertz CT molecular complexity index is 756. The van der Waals surface area contributed by atoms with Gasteiger partial charge in [-0.1, -0.05) is 48.9 Å². The number of nitriles is 1. The highest BCUT2D eigenvalue weighted by atomic mass is 16.5. The number of nitrogens with zero attached hydrogens (tertiary/aromatic N) is 1. The molecule has 25 heavy (non-hydrogen) atoms. The van der Waals surface area contributed by atoms with Crippen molar-refractivity contribution < 1.29 is 9.53 Å². The fourth-order valence-corrected chi connectivity index (χ4v) is 2.40. The first-order valence-electron chi connectivity index (χ1n) is 8.27.